The number of nitrogens with two attached hydrogens (primary N) is 1. The Bertz CT molecular complexity index is 465. The highest BCUT2D eigenvalue weighted by Gasteiger charge is 2.31. The highest BCUT2D eigenvalue weighted by Crippen LogP contribution is 2.32. The smallest absolute Gasteiger partial charge is 0.161 e. The van der Waals surface area contributed by atoms with Gasteiger partial charge in [0, 0.05) is 16.9 Å². The summed E-state index contributed by atoms with van der Waals surface area (Å²) in [6.07, 6.45) is 5.44. The van der Waals surface area contributed by atoms with Gasteiger partial charge >= 0.3 is 0 Å². The number of aliphatic hydroxyl groups excluding tert-OH is 1. The average molecular weight is 262 g/mol. The molecule has 4 heteroatoms. The second-order valence-electron chi connectivity index (χ2n) is 5.48. The van der Waals surface area contributed by atoms with Crippen LogP contribution in [-0.4, -0.2) is 23.0 Å². The van der Waals surface area contributed by atoms with Gasteiger partial charge in [-0.2, -0.15) is 0 Å². The van der Waals surface area contributed by atoms with Crippen molar-refractivity contribution in [2.45, 2.75) is 44.6 Å². The summed E-state index contributed by atoms with van der Waals surface area (Å²) in [5.74, 6) is -0.0291. The van der Waals surface area contributed by atoms with Crippen molar-refractivity contribution in [1.29, 1.82) is 0 Å². The third-order valence-corrected chi connectivity index (χ3v) is 3.95. The summed E-state index contributed by atoms with van der Waals surface area (Å²) < 4.78 is 0. The highest BCUT2D eigenvalue weighted by molar-refractivity contribution is 5.99. The minimum atomic E-state index is -0.234. The Morgan fingerprint density at radius 2 is 2.05 bits per heavy atom. The van der Waals surface area contributed by atoms with Crippen molar-refractivity contribution in [3.63, 3.8) is 0 Å². The van der Waals surface area contributed by atoms with Crippen LogP contribution in [0.1, 0.15) is 49.4 Å². The quantitative estimate of drug-likeness (QED) is 0.576. The lowest BCUT2D eigenvalue weighted by molar-refractivity contribution is 0.101. The normalized spacial score (nSPS) is 18.0. The van der Waals surface area contributed by atoms with Crippen molar-refractivity contribution >= 4 is 17.2 Å². The van der Waals surface area contributed by atoms with Crippen LogP contribution >= 0.6 is 0 Å². The first-order chi connectivity index (χ1) is 9.06. The van der Waals surface area contributed by atoms with Gasteiger partial charge in [-0.3, -0.25) is 4.79 Å². The number of hydrogen-bond donors (Lipinski definition) is 3. The van der Waals surface area contributed by atoms with Crippen LogP contribution in [-0.2, 0) is 0 Å². The number of aliphatic hydroxyl groups is 1. The Balaban J connectivity index is 2.18. The second kappa shape index (κ2) is 5.61. The van der Waals surface area contributed by atoms with Gasteiger partial charge in [0.2, 0.25) is 0 Å². The van der Waals surface area contributed by atoms with Crippen LogP contribution in [0, 0.1) is 0 Å². The van der Waals surface area contributed by atoms with E-state index in [9.17, 15) is 9.90 Å². The predicted molar refractivity (Wildman–Crippen MR) is 77.4 cm³/mol. The number of hydrogen-bond acceptors (Lipinski definition) is 4. The molecule has 0 bridgehead atoms. The molecule has 0 heterocycles. The summed E-state index contributed by atoms with van der Waals surface area (Å²) in [6, 6.07) is 5.38. The van der Waals surface area contributed by atoms with Gasteiger partial charge in [-0.05, 0) is 38.0 Å². The van der Waals surface area contributed by atoms with Crippen molar-refractivity contribution in [3.8, 4) is 0 Å². The monoisotopic (exact) mass is 262 g/mol. The Morgan fingerprint density at radius 1 is 1.37 bits per heavy atom. The molecule has 1 aromatic rings. The third kappa shape index (κ3) is 3.07. The van der Waals surface area contributed by atoms with Crippen molar-refractivity contribution in [3.05, 3.63) is 23.8 Å². The van der Waals surface area contributed by atoms with E-state index in [2.05, 4.69) is 5.32 Å². The molecule has 4 N–H and O–H groups in total. The van der Waals surface area contributed by atoms with E-state index >= 15 is 0 Å². The lowest BCUT2D eigenvalue weighted by Crippen LogP contribution is -2.43. The largest absolute Gasteiger partial charge is 0.398 e. The maximum atomic E-state index is 11.3. The number of Topliss-reactive ketones (excluding diaryl/α,β-unsaturated/α-hetero) is 1. The summed E-state index contributed by atoms with van der Waals surface area (Å²) in [5, 5.41) is 13.1. The van der Waals surface area contributed by atoms with Crippen molar-refractivity contribution in [2.75, 3.05) is 17.7 Å². The molecular formula is C15H22N2O2. The number of benzene rings is 1. The standard InChI is InChI=1S/C15H22N2O2/c1-11(19)13-6-5-12(9-14(13)16)17-15(10-18)7-3-2-4-8-15/h5-6,9,17-18H,2-4,7-8,10,16H2,1H3. The third-order valence-electron chi connectivity index (χ3n) is 3.95. The molecular weight excluding hydrogens is 240 g/mol. The van der Waals surface area contributed by atoms with Gasteiger partial charge < -0.3 is 16.2 Å². The molecule has 1 aromatic carbocycles. The molecule has 0 radical (unpaired) electrons. The Hall–Kier alpha value is -1.55. The highest BCUT2D eigenvalue weighted by atomic mass is 16.3. The fourth-order valence-corrected chi connectivity index (χ4v) is 2.82. The molecule has 1 saturated carbocycles. The van der Waals surface area contributed by atoms with Crippen LogP contribution in [0.2, 0.25) is 0 Å². The van der Waals surface area contributed by atoms with Crippen LogP contribution in [0.5, 0.6) is 0 Å². The van der Waals surface area contributed by atoms with E-state index in [-0.39, 0.29) is 17.9 Å². The van der Waals surface area contributed by atoms with Crippen molar-refractivity contribution < 1.29 is 9.90 Å². The second-order valence-corrected chi connectivity index (χ2v) is 5.48. The minimum Gasteiger partial charge on any atom is -0.398 e. The minimum absolute atomic E-state index is 0.0291. The Morgan fingerprint density at radius 3 is 2.58 bits per heavy atom. The van der Waals surface area contributed by atoms with E-state index in [0.29, 0.717) is 11.3 Å². The summed E-state index contributed by atoms with van der Waals surface area (Å²) in [7, 11) is 0. The summed E-state index contributed by atoms with van der Waals surface area (Å²) in [4.78, 5) is 11.3. The van der Waals surface area contributed by atoms with E-state index in [1.54, 1.807) is 12.1 Å². The topological polar surface area (TPSA) is 75.3 Å². The van der Waals surface area contributed by atoms with Gasteiger partial charge in [0.05, 0.1) is 12.1 Å². The maximum absolute atomic E-state index is 11.3. The fourth-order valence-electron chi connectivity index (χ4n) is 2.82. The molecule has 0 spiro atoms. The lowest BCUT2D eigenvalue weighted by Gasteiger charge is -2.37. The average Bonchev–Trinajstić information content (AvgIpc) is 2.39. The fraction of sp³-hybridized carbons (Fsp3) is 0.533. The summed E-state index contributed by atoms with van der Waals surface area (Å²) in [5.41, 5.74) is 7.56. The maximum Gasteiger partial charge on any atom is 0.161 e. The molecule has 1 aliphatic carbocycles. The first kappa shape index (κ1) is 13.9. The number of nitrogens with one attached hydrogen (secondary N) is 1. The van der Waals surface area contributed by atoms with Gasteiger partial charge in [0.1, 0.15) is 0 Å². The zero-order chi connectivity index (χ0) is 13.9. The molecule has 4 nitrogen and oxygen atoms in total. The molecule has 1 aliphatic rings. The summed E-state index contributed by atoms with van der Waals surface area (Å²) in [6.45, 7) is 1.64. The molecule has 1 fully saturated rings. The van der Waals surface area contributed by atoms with Gasteiger partial charge in [0.15, 0.2) is 5.78 Å². The van der Waals surface area contributed by atoms with Crippen LogP contribution in [0.25, 0.3) is 0 Å². The number of nitrogen functional groups attached to an aromatic ring is 1. The molecule has 0 atom stereocenters. The first-order valence-corrected chi connectivity index (χ1v) is 6.86. The van der Waals surface area contributed by atoms with Crippen LogP contribution in [0.15, 0.2) is 18.2 Å². The molecule has 0 unspecified atom stereocenters. The number of rotatable bonds is 4. The molecule has 2 rings (SSSR count). The van der Waals surface area contributed by atoms with Gasteiger partial charge in [-0.1, -0.05) is 19.3 Å². The lowest BCUT2D eigenvalue weighted by atomic mass is 9.82. The van der Waals surface area contributed by atoms with Crippen LogP contribution < -0.4 is 11.1 Å². The van der Waals surface area contributed by atoms with Crippen LogP contribution in [0.4, 0.5) is 11.4 Å². The number of carbonyl (C=O) groups is 1. The van der Waals surface area contributed by atoms with E-state index in [0.717, 1.165) is 31.4 Å². The number of ketones is 1. The molecule has 0 amide bonds. The summed E-state index contributed by atoms with van der Waals surface area (Å²) >= 11 is 0. The molecule has 104 valence electrons. The van der Waals surface area contributed by atoms with Gasteiger partial charge in [0.25, 0.3) is 0 Å². The SMILES string of the molecule is CC(=O)c1ccc(NC2(CO)CCCCC2)cc1N. The zero-order valence-corrected chi connectivity index (χ0v) is 11.4. The molecule has 0 aromatic heterocycles. The Kier molecular flexibility index (Phi) is 4.10. The van der Waals surface area contributed by atoms with E-state index in [1.165, 1.54) is 13.3 Å². The van der Waals surface area contributed by atoms with Gasteiger partial charge in [-0.15, -0.1) is 0 Å². The van der Waals surface area contributed by atoms with E-state index < -0.39 is 0 Å². The van der Waals surface area contributed by atoms with E-state index in [4.69, 9.17) is 5.73 Å². The molecule has 19 heavy (non-hydrogen) atoms. The van der Waals surface area contributed by atoms with E-state index in [1.807, 2.05) is 6.07 Å². The Labute approximate surface area is 114 Å². The first-order valence-electron chi connectivity index (χ1n) is 6.86. The zero-order valence-electron chi connectivity index (χ0n) is 11.4. The van der Waals surface area contributed by atoms with Crippen molar-refractivity contribution in [2.24, 2.45) is 0 Å². The molecule has 0 aliphatic heterocycles. The van der Waals surface area contributed by atoms with Crippen LogP contribution in [0.3, 0.4) is 0 Å². The number of anilines is 2. The van der Waals surface area contributed by atoms with Crippen molar-refractivity contribution in [1.82, 2.24) is 0 Å². The number of carbonyl (C=O) groups excluding carboxylic acids is 1. The molecule has 0 saturated heterocycles. The predicted octanol–water partition coefficient (Wildman–Crippen LogP) is 2.58. The van der Waals surface area contributed by atoms with Gasteiger partial charge in [-0.25, -0.2) is 0 Å².